The van der Waals surface area contributed by atoms with E-state index in [1.54, 1.807) is 0 Å². The maximum absolute atomic E-state index is 16.3. The Bertz CT molecular complexity index is 562. The van der Waals surface area contributed by atoms with Crippen LogP contribution in [0.3, 0.4) is 0 Å². The minimum absolute atomic E-state index is 0.00286. The zero-order valence-electron chi connectivity index (χ0n) is 26.0. The average Bonchev–Trinajstić information content (AvgIpc) is 2.99. The lowest BCUT2D eigenvalue weighted by Crippen LogP contribution is -2.58. The molecule has 38 heavy (non-hydrogen) atoms. The van der Waals surface area contributed by atoms with Crippen molar-refractivity contribution in [3.63, 3.8) is 0 Å². The lowest BCUT2D eigenvalue weighted by Gasteiger charge is -2.57. The Morgan fingerprint density at radius 3 is 0.947 bits per heavy atom. The van der Waals surface area contributed by atoms with Gasteiger partial charge in [0, 0.05) is 10.8 Å². The topological polar surface area (TPSA) is 17.1 Å². The van der Waals surface area contributed by atoms with E-state index in [-0.39, 0.29) is 10.8 Å². The van der Waals surface area contributed by atoms with Gasteiger partial charge in [0.25, 0.3) is 0 Å². The number of unbranched alkanes of at least 4 members (excludes halogenated alkanes) is 4. The summed E-state index contributed by atoms with van der Waals surface area (Å²) in [6, 6.07) is 0. The summed E-state index contributed by atoms with van der Waals surface area (Å²) in [5.74, 6) is 3.64. The summed E-state index contributed by atoms with van der Waals surface area (Å²) in [6.45, 7) is 4.73. The third-order valence-corrected chi connectivity index (χ3v) is 12.6. The van der Waals surface area contributed by atoms with Gasteiger partial charge in [0.05, 0.1) is 0 Å². The first-order valence-corrected chi connectivity index (χ1v) is 18.2. The molecule has 0 aliphatic heterocycles. The summed E-state index contributed by atoms with van der Waals surface area (Å²) in [4.78, 5) is 16.3. The summed E-state index contributed by atoms with van der Waals surface area (Å²) >= 11 is 0. The van der Waals surface area contributed by atoms with Crippen LogP contribution in [0.1, 0.15) is 194 Å². The Kier molecular flexibility index (Phi) is 12.6. The van der Waals surface area contributed by atoms with Crippen molar-refractivity contribution in [2.24, 2.45) is 34.5 Å². The van der Waals surface area contributed by atoms with Gasteiger partial charge in [-0.15, -0.1) is 0 Å². The highest BCUT2D eigenvalue weighted by Crippen LogP contribution is 2.61. The second-order valence-corrected chi connectivity index (χ2v) is 14.7. The molecule has 4 aliphatic rings. The van der Waals surface area contributed by atoms with Crippen LogP contribution in [0.4, 0.5) is 0 Å². The first kappa shape index (κ1) is 30.6. The largest absolute Gasteiger partial charge is 0.298 e. The molecular weight excluding hydrogens is 460 g/mol. The minimum atomic E-state index is -0.00286. The standard InChI is InChI=1S/C37H66O/c1-3-5-19-29-36(31-21-11-7-12-22-31,32-23-13-8-14-24-32)35(38)37(30-20-6-4-2,33-25-15-9-16-26-33)34-27-17-10-18-28-34/h31-34H,3-30H2,1-2H3. The van der Waals surface area contributed by atoms with E-state index in [2.05, 4.69) is 13.8 Å². The lowest BCUT2D eigenvalue weighted by molar-refractivity contribution is -0.163. The Hall–Kier alpha value is -0.330. The van der Waals surface area contributed by atoms with Crippen LogP contribution < -0.4 is 0 Å². The van der Waals surface area contributed by atoms with E-state index in [1.807, 2.05) is 0 Å². The van der Waals surface area contributed by atoms with Crippen LogP contribution >= 0.6 is 0 Å². The van der Waals surface area contributed by atoms with E-state index >= 15 is 4.79 Å². The highest BCUT2D eigenvalue weighted by atomic mass is 16.1. The van der Waals surface area contributed by atoms with Crippen molar-refractivity contribution in [3.8, 4) is 0 Å². The molecule has 4 aliphatic carbocycles. The van der Waals surface area contributed by atoms with Gasteiger partial charge in [0.15, 0.2) is 0 Å². The Balaban J connectivity index is 1.84. The number of Topliss-reactive ketones (excluding diaryl/α,β-unsaturated/α-hetero) is 1. The van der Waals surface area contributed by atoms with E-state index < -0.39 is 0 Å². The molecule has 220 valence electrons. The molecule has 0 amide bonds. The van der Waals surface area contributed by atoms with Crippen molar-refractivity contribution in [2.45, 2.75) is 194 Å². The molecule has 0 radical (unpaired) electrons. The first-order chi connectivity index (χ1) is 18.7. The smallest absolute Gasteiger partial charge is 0.146 e. The Morgan fingerprint density at radius 1 is 0.447 bits per heavy atom. The Labute approximate surface area is 238 Å². The van der Waals surface area contributed by atoms with Gasteiger partial charge in [-0.2, -0.15) is 0 Å². The van der Waals surface area contributed by atoms with Gasteiger partial charge in [-0.05, 0) is 87.9 Å². The second kappa shape index (κ2) is 15.6. The number of ketones is 1. The van der Waals surface area contributed by atoms with Crippen molar-refractivity contribution in [2.75, 3.05) is 0 Å². The van der Waals surface area contributed by atoms with Gasteiger partial charge in [-0.25, -0.2) is 0 Å². The fraction of sp³-hybridized carbons (Fsp3) is 0.973. The van der Waals surface area contributed by atoms with Crippen molar-refractivity contribution in [1.29, 1.82) is 0 Å². The number of hydrogen-bond acceptors (Lipinski definition) is 1. The van der Waals surface area contributed by atoms with Gasteiger partial charge in [-0.3, -0.25) is 4.79 Å². The normalized spacial score (nSPS) is 24.1. The zero-order chi connectivity index (χ0) is 26.7. The van der Waals surface area contributed by atoms with Crippen molar-refractivity contribution < 1.29 is 4.79 Å². The van der Waals surface area contributed by atoms with Crippen LogP contribution in [-0.2, 0) is 4.79 Å². The highest BCUT2D eigenvalue weighted by molar-refractivity contribution is 5.92. The minimum Gasteiger partial charge on any atom is -0.298 e. The Morgan fingerprint density at radius 2 is 0.711 bits per heavy atom. The number of hydrogen-bond donors (Lipinski definition) is 0. The second-order valence-electron chi connectivity index (χ2n) is 14.7. The highest BCUT2D eigenvalue weighted by Gasteiger charge is 2.60. The predicted octanol–water partition coefficient (Wildman–Crippen LogP) is 12.0. The SMILES string of the molecule is CCCCCC(C(=O)C(CCCCC)(C1CCCCC1)C1CCCCC1)(C1CCCCC1)C1CCCCC1. The maximum atomic E-state index is 16.3. The molecule has 4 saturated carbocycles. The zero-order valence-corrected chi connectivity index (χ0v) is 26.0. The third kappa shape index (κ3) is 6.75. The van der Waals surface area contributed by atoms with Crippen LogP contribution in [0.5, 0.6) is 0 Å². The first-order valence-electron chi connectivity index (χ1n) is 18.2. The fourth-order valence-electron chi connectivity index (χ4n) is 10.7. The lowest BCUT2D eigenvalue weighted by atomic mass is 9.45. The summed E-state index contributed by atoms with van der Waals surface area (Å²) in [7, 11) is 0. The molecule has 0 heterocycles. The van der Waals surface area contributed by atoms with E-state index in [4.69, 9.17) is 0 Å². The number of rotatable bonds is 14. The number of carbonyl (C=O) groups is 1. The number of carbonyl (C=O) groups excluding carboxylic acids is 1. The van der Waals surface area contributed by atoms with E-state index in [1.165, 1.54) is 180 Å². The summed E-state index contributed by atoms with van der Waals surface area (Å²) < 4.78 is 0. The molecule has 0 aromatic rings. The van der Waals surface area contributed by atoms with E-state index in [0.29, 0.717) is 23.7 Å². The van der Waals surface area contributed by atoms with Crippen molar-refractivity contribution in [1.82, 2.24) is 0 Å². The molecule has 0 bridgehead atoms. The van der Waals surface area contributed by atoms with Crippen LogP contribution in [0.15, 0.2) is 0 Å². The molecule has 1 nitrogen and oxygen atoms in total. The van der Waals surface area contributed by atoms with Crippen molar-refractivity contribution >= 4 is 5.78 Å². The van der Waals surface area contributed by atoms with Crippen molar-refractivity contribution in [3.05, 3.63) is 0 Å². The molecular formula is C37H66O. The molecule has 0 saturated heterocycles. The molecule has 1 heteroatoms. The third-order valence-electron chi connectivity index (χ3n) is 12.6. The molecule has 0 spiro atoms. The van der Waals surface area contributed by atoms with Gasteiger partial charge >= 0.3 is 0 Å². The monoisotopic (exact) mass is 527 g/mol. The van der Waals surface area contributed by atoms with Gasteiger partial charge in [0.1, 0.15) is 5.78 Å². The van der Waals surface area contributed by atoms with E-state index in [0.717, 1.165) is 5.78 Å². The predicted molar refractivity (Wildman–Crippen MR) is 164 cm³/mol. The molecule has 0 unspecified atom stereocenters. The molecule has 0 aromatic heterocycles. The molecule has 0 N–H and O–H groups in total. The van der Waals surface area contributed by atoms with Gasteiger partial charge < -0.3 is 0 Å². The average molecular weight is 527 g/mol. The quantitative estimate of drug-likeness (QED) is 0.206. The molecule has 4 fully saturated rings. The summed E-state index contributed by atoms with van der Waals surface area (Å²) in [5, 5.41) is 0. The fourth-order valence-corrected chi connectivity index (χ4v) is 10.7. The maximum Gasteiger partial charge on any atom is 0.146 e. The van der Waals surface area contributed by atoms with Gasteiger partial charge in [-0.1, -0.05) is 129 Å². The van der Waals surface area contributed by atoms with E-state index in [9.17, 15) is 0 Å². The molecule has 0 atom stereocenters. The van der Waals surface area contributed by atoms with Crippen LogP contribution in [0.2, 0.25) is 0 Å². The molecule has 0 aromatic carbocycles. The van der Waals surface area contributed by atoms with Crippen LogP contribution in [-0.4, -0.2) is 5.78 Å². The van der Waals surface area contributed by atoms with Crippen LogP contribution in [0.25, 0.3) is 0 Å². The summed E-state index contributed by atoms with van der Waals surface area (Å²) in [6.07, 6.45) is 37.9. The van der Waals surface area contributed by atoms with Gasteiger partial charge in [0.2, 0.25) is 0 Å². The molecule has 4 rings (SSSR count). The van der Waals surface area contributed by atoms with Crippen LogP contribution in [0, 0.1) is 34.5 Å². The summed E-state index contributed by atoms with van der Waals surface area (Å²) in [5.41, 5.74) is -0.00572.